The van der Waals surface area contributed by atoms with Crippen molar-refractivity contribution in [2.24, 2.45) is 10.5 Å². The molecule has 0 spiro atoms. The maximum atomic E-state index is 13.0. The number of hydrogen-bond donors (Lipinski definition) is 1. The Bertz CT molecular complexity index is 755. The lowest BCUT2D eigenvalue weighted by Crippen LogP contribution is -2.55. The second-order valence-electron chi connectivity index (χ2n) is 6.71. The number of nitro benzene ring substituents is 1. The van der Waals surface area contributed by atoms with Crippen LogP contribution in [-0.2, 0) is 0 Å². The lowest BCUT2D eigenvalue weighted by atomic mass is 9.80. The molecule has 136 valence electrons. The van der Waals surface area contributed by atoms with Gasteiger partial charge in [0.1, 0.15) is 5.71 Å². The molecule has 1 aromatic carbocycles. The highest BCUT2D eigenvalue weighted by atomic mass is 19.4. The standard InChI is InChI=1S/C15H16F3N3O4/c1-13(2,3)14(23)8-11(15(16,17)18)19-20(14)12(22)9-5-4-6-10(7-9)21(24)25/h4-7,23H,8H2,1-3H3. The zero-order chi connectivity index (χ0) is 19.2. The third-order valence-corrected chi connectivity index (χ3v) is 4.01. The van der Waals surface area contributed by atoms with Crippen LogP contribution in [0.25, 0.3) is 0 Å². The minimum absolute atomic E-state index is 0.246. The molecule has 1 unspecified atom stereocenters. The number of nitro groups is 1. The highest BCUT2D eigenvalue weighted by Gasteiger charge is 2.57. The number of rotatable bonds is 2. The number of benzene rings is 1. The summed E-state index contributed by atoms with van der Waals surface area (Å²) < 4.78 is 39.1. The molecule has 0 fully saturated rings. The largest absolute Gasteiger partial charge is 0.431 e. The van der Waals surface area contributed by atoms with Crippen LogP contribution in [0.15, 0.2) is 29.4 Å². The molecule has 1 amide bonds. The Morgan fingerprint density at radius 1 is 1.36 bits per heavy atom. The van der Waals surface area contributed by atoms with E-state index in [-0.39, 0.29) is 5.56 Å². The van der Waals surface area contributed by atoms with E-state index >= 15 is 0 Å². The molecule has 0 aliphatic carbocycles. The summed E-state index contributed by atoms with van der Waals surface area (Å²) in [6.07, 6.45) is -5.70. The number of non-ortho nitro benzene ring substituents is 1. The summed E-state index contributed by atoms with van der Waals surface area (Å²) in [5.41, 5.74) is -5.31. The quantitative estimate of drug-likeness (QED) is 0.648. The zero-order valence-electron chi connectivity index (χ0n) is 13.7. The Hall–Kier alpha value is -2.49. The third-order valence-electron chi connectivity index (χ3n) is 4.01. The van der Waals surface area contributed by atoms with Crippen molar-refractivity contribution >= 4 is 17.3 Å². The smallest absolute Gasteiger partial charge is 0.368 e. The highest BCUT2D eigenvalue weighted by molar-refractivity contribution is 6.00. The van der Waals surface area contributed by atoms with Crippen molar-refractivity contribution in [2.45, 2.75) is 39.1 Å². The predicted molar refractivity (Wildman–Crippen MR) is 81.8 cm³/mol. The van der Waals surface area contributed by atoms with Crippen molar-refractivity contribution < 1.29 is 28.0 Å². The topological polar surface area (TPSA) is 96.0 Å². The van der Waals surface area contributed by atoms with E-state index in [1.54, 1.807) is 0 Å². The Kier molecular flexibility index (Phi) is 4.37. The Morgan fingerprint density at radius 2 is 1.96 bits per heavy atom. The van der Waals surface area contributed by atoms with Crippen molar-refractivity contribution in [3.63, 3.8) is 0 Å². The van der Waals surface area contributed by atoms with Gasteiger partial charge in [-0.25, -0.2) is 0 Å². The molecule has 1 atom stereocenters. The van der Waals surface area contributed by atoms with Gasteiger partial charge in [0.2, 0.25) is 0 Å². The van der Waals surface area contributed by atoms with Gasteiger partial charge in [0.05, 0.1) is 4.92 Å². The molecule has 25 heavy (non-hydrogen) atoms. The van der Waals surface area contributed by atoms with Crippen molar-refractivity contribution in [1.82, 2.24) is 5.01 Å². The number of halogens is 3. The number of alkyl halides is 3. The highest BCUT2D eigenvalue weighted by Crippen LogP contribution is 2.44. The second-order valence-corrected chi connectivity index (χ2v) is 6.71. The molecule has 1 aromatic rings. The number of amides is 1. The van der Waals surface area contributed by atoms with Crippen LogP contribution in [0, 0.1) is 15.5 Å². The molecule has 1 heterocycles. The zero-order valence-corrected chi connectivity index (χ0v) is 13.7. The molecule has 1 aliphatic rings. The molecule has 0 aromatic heterocycles. The van der Waals surface area contributed by atoms with Crippen LogP contribution in [-0.4, -0.2) is 38.6 Å². The normalized spacial score (nSPS) is 21.2. The average Bonchev–Trinajstić information content (AvgIpc) is 2.85. The van der Waals surface area contributed by atoms with Gasteiger partial charge < -0.3 is 5.11 Å². The number of aliphatic hydroxyl groups is 1. The molecule has 1 N–H and O–H groups in total. The van der Waals surface area contributed by atoms with Crippen molar-refractivity contribution in [1.29, 1.82) is 0 Å². The van der Waals surface area contributed by atoms with Gasteiger partial charge in [0.25, 0.3) is 11.6 Å². The van der Waals surface area contributed by atoms with E-state index < -0.39 is 46.0 Å². The van der Waals surface area contributed by atoms with Crippen molar-refractivity contribution in [3.05, 3.63) is 39.9 Å². The van der Waals surface area contributed by atoms with E-state index in [1.165, 1.54) is 32.9 Å². The fraction of sp³-hybridized carbons (Fsp3) is 0.467. The molecule has 0 saturated carbocycles. The summed E-state index contributed by atoms with van der Waals surface area (Å²) in [7, 11) is 0. The van der Waals surface area contributed by atoms with E-state index in [4.69, 9.17) is 0 Å². The molecule has 0 radical (unpaired) electrons. The summed E-state index contributed by atoms with van der Waals surface area (Å²) in [6.45, 7) is 4.40. The first-order chi connectivity index (χ1) is 11.3. The molecule has 0 saturated heterocycles. The van der Waals surface area contributed by atoms with Gasteiger partial charge in [-0.15, -0.1) is 0 Å². The maximum absolute atomic E-state index is 13.0. The van der Waals surface area contributed by atoms with E-state index in [9.17, 15) is 33.2 Å². The number of hydrazone groups is 1. The van der Waals surface area contributed by atoms with Gasteiger partial charge in [0.15, 0.2) is 5.72 Å². The molecule has 7 nitrogen and oxygen atoms in total. The minimum atomic E-state index is -4.81. The second kappa shape index (κ2) is 5.80. The monoisotopic (exact) mass is 359 g/mol. The first-order valence-corrected chi connectivity index (χ1v) is 7.23. The minimum Gasteiger partial charge on any atom is -0.368 e. The summed E-state index contributed by atoms with van der Waals surface area (Å²) in [4.78, 5) is 22.7. The van der Waals surface area contributed by atoms with E-state index in [0.29, 0.717) is 5.01 Å². The fourth-order valence-electron chi connectivity index (χ4n) is 2.38. The van der Waals surface area contributed by atoms with Crippen LogP contribution in [0.1, 0.15) is 37.6 Å². The Morgan fingerprint density at radius 3 is 2.44 bits per heavy atom. The first kappa shape index (κ1) is 18.8. The summed E-state index contributed by atoms with van der Waals surface area (Å²) >= 11 is 0. The molecular weight excluding hydrogens is 343 g/mol. The Balaban J connectivity index is 2.52. The van der Waals surface area contributed by atoms with Crippen LogP contribution in [0.3, 0.4) is 0 Å². The lowest BCUT2D eigenvalue weighted by molar-refractivity contribution is -0.384. The van der Waals surface area contributed by atoms with Crippen LogP contribution in [0.4, 0.5) is 18.9 Å². The van der Waals surface area contributed by atoms with E-state index in [2.05, 4.69) is 5.10 Å². The van der Waals surface area contributed by atoms with Crippen molar-refractivity contribution in [2.75, 3.05) is 0 Å². The first-order valence-electron chi connectivity index (χ1n) is 7.23. The molecule has 10 heteroatoms. The van der Waals surface area contributed by atoms with Gasteiger partial charge in [-0.3, -0.25) is 14.9 Å². The van der Waals surface area contributed by atoms with Crippen LogP contribution >= 0.6 is 0 Å². The third kappa shape index (κ3) is 3.34. The van der Waals surface area contributed by atoms with Gasteiger partial charge in [-0.05, 0) is 6.07 Å². The number of carbonyl (C=O) groups is 1. The van der Waals surface area contributed by atoms with Gasteiger partial charge in [0, 0.05) is 29.5 Å². The fourth-order valence-corrected chi connectivity index (χ4v) is 2.38. The van der Waals surface area contributed by atoms with Crippen molar-refractivity contribution in [3.8, 4) is 0 Å². The molecule has 1 aliphatic heterocycles. The summed E-state index contributed by atoms with van der Waals surface area (Å²) in [6, 6.07) is 4.50. The van der Waals surface area contributed by atoms with E-state index in [1.807, 2.05) is 0 Å². The molecular formula is C15H16F3N3O4. The predicted octanol–water partition coefficient (Wildman–Crippen LogP) is 3.09. The number of nitrogens with zero attached hydrogens (tertiary/aromatic N) is 3. The average molecular weight is 359 g/mol. The van der Waals surface area contributed by atoms with Gasteiger partial charge in [-0.2, -0.15) is 23.3 Å². The van der Waals surface area contributed by atoms with E-state index in [0.717, 1.165) is 12.1 Å². The molecule has 2 rings (SSSR count). The Labute approximate surface area is 140 Å². The number of carbonyl (C=O) groups excluding carboxylic acids is 1. The summed E-state index contributed by atoms with van der Waals surface area (Å²) in [5.74, 6) is -1.06. The molecule has 0 bridgehead atoms. The van der Waals surface area contributed by atoms with Crippen LogP contribution < -0.4 is 0 Å². The summed E-state index contributed by atoms with van der Waals surface area (Å²) in [5, 5.41) is 25.3. The van der Waals surface area contributed by atoms with Gasteiger partial charge >= 0.3 is 6.18 Å². The number of hydrogen-bond acceptors (Lipinski definition) is 5. The van der Waals surface area contributed by atoms with Gasteiger partial charge in [-0.1, -0.05) is 26.8 Å². The van der Waals surface area contributed by atoms with Crippen LogP contribution in [0.5, 0.6) is 0 Å². The lowest BCUT2D eigenvalue weighted by Gasteiger charge is -2.41. The maximum Gasteiger partial charge on any atom is 0.431 e. The van der Waals surface area contributed by atoms with Crippen LogP contribution in [0.2, 0.25) is 0 Å². The SMILES string of the molecule is CC(C)(C)C1(O)CC(C(F)(F)F)=NN1C(=O)c1cccc([N+](=O)[O-])c1.